The molecule has 4 aliphatic rings. The number of methoxy groups -OCH3 is 1. The number of hydrogen-bond donors (Lipinski definition) is 10. The summed E-state index contributed by atoms with van der Waals surface area (Å²) in [5.41, 5.74) is 15.9. The molecule has 7 atom stereocenters. The van der Waals surface area contributed by atoms with Gasteiger partial charge in [0.05, 0.1) is 29.9 Å². The molecule has 1 aliphatic carbocycles. The number of H-pyrrole nitrogens is 3. The van der Waals surface area contributed by atoms with Crippen molar-refractivity contribution in [3.05, 3.63) is 110 Å². The highest BCUT2D eigenvalue weighted by atomic mass is 16.5. The number of nitrogens with zero attached hydrogens (tertiary/aromatic N) is 2. The average Bonchev–Trinajstić information content (AvgIpc) is 4.14. The van der Waals surface area contributed by atoms with Gasteiger partial charge in [0, 0.05) is 117 Å². The number of hydrogen-bond acceptors (Lipinski definition) is 11. The molecule has 3 unspecified atom stereocenters. The smallest absolute Gasteiger partial charge is 0.326 e. The standard InChI is InChI=1S/C60H69N11O8/c1-8-37-28(2)40-27-47-50(32(6)72)30(4)42(67-47)25-41-29(3)38(54(70-41)52-53(60(78)79-7)56(75)51-31(5)43(71-55(51)52)26-46(37)66-40)18-19-48(73)64-21-10-9-11-39(59(76)77)69-49(74)20-22-65-58(63)34-14-12-33(13-15-34)44-23-35-16-17-36(57(61)62)24-45(35)68-44/h12-17,23-25,27-29,37-39,46,53,67-68,71H,8-11,18-22,26H2,1-7H3,(H3,61,62)(H2,63,65)(H,64,73)(H,69,74)(H,76,77)/b42-25-,47-27-,54-52-/t28-,29+,37-,38+,39?,46?,53?/m1/s1. The molecule has 0 spiro atoms. The Labute approximate surface area is 457 Å². The van der Waals surface area contributed by atoms with Gasteiger partial charge in [-0.2, -0.15) is 0 Å². The highest BCUT2D eigenvalue weighted by molar-refractivity contribution is 6.25. The number of allylic oxidation sites excluding steroid dienone is 1. The maximum absolute atomic E-state index is 14.5. The normalized spacial score (nSPS) is 22.2. The van der Waals surface area contributed by atoms with Crippen LogP contribution in [0.5, 0.6) is 0 Å². The number of ether oxygens (including phenoxy) is 1. The van der Waals surface area contributed by atoms with Crippen molar-refractivity contribution in [2.24, 2.45) is 45.3 Å². The predicted octanol–water partition coefficient (Wildman–Crippen LogP) is 5.94. The molecule has 8 bridgehead atoms. The van der Waals surface area contributed by atoms with Gasteiger partial charge in [0.1, 0.15) is 23.6 Å². The summed E-state index contributed by atoms with van der Waals surface area (Å²) in [4.78, 5) is 101. The van der Waals surface area contributed by atoms with Gasteiger partial charge in [0.2, 0.25) is 11.8 Å². The lowest BCUT2D eigenvalue weighted by molar-refractivity contribution is -0.142. The van der Waals surface area contributed by atoms with Crippen LogP contribution < -0.4 is 32.4 Å². The summed E-state index contributed by atoms with van der Waals surface area (Å²) in [6.45, 7) is 12.0. The van der Waals surface area contributed by atoms with E-state index in [-0.39, 0.29) is 85.3 Å². The molecule has 0 fully saturated rings. The molecule has 2 amide bonds. The van der Waals surface area contributed by atoms with Crippen LogP contribution in [-0.2, 0) is 30.3 Å². The molecule has 0 saturated carbocycles. The Morgan fingerprint density at radius 2 is 1.61 bits per heavy atom. The van der Waals surface area contributed by atoms with Gasteiger partial charge in [-0.25, -0.2) is 4.79 Å². The minimum atomic E-state index is -1.26. The number of nitrogen functional groups attached to an aromatic ring is 1. The largest absolute Gasteiger partial charge is 0.480 e. The second kappa shape index (κ2) is 22.8. The molecule has 3 aliphatic heterocycles. The lowest BCUT2D eigenvalue weighted by Crippen LogP contribution is -2.42. The van der Waals surface area contributed by atoms with Crippen molar-refractivity contribution in [1.82, 2.24) is 30.9 Å². The third-order valence-electron chi connectivity index (χ3n) is 16.5. The number of Topliss-reactive ketones (excluding diaryl/α,β-unsaturated/α-hetero) is 2. The Morgan fingerprint density at radius 1 is 0.873 bits per heavy atom. The zero-order valence-electron chi connectivity index (χ0n) is 45.7. The first-order chi connectivity index (χ1) is 37.8. The van der Waals surface area contributed by atoms with E-state index in [1.54, 1.807) is 25.1 Å². The van der Waals surface area contributed by atoms with Crippen molar-refractivity contribution in [3.63, 3.8) is 0 Å². The predicted molar refractivity (Wildman–Crippen MR) is 304 cm³/mol. The summed E-state index contributed by atoms with van der Waals surface area (Å²) < 4.78 is 5.27. The number of nitrogens with two attached hydrogens (primary N) is 1. The number of rotatable bonds is 19. The van der Waals surface area contributed by atoms with Gasteiger partial charge in [-0.3, -0.25) is 44.8 Å². The van der Waals surface area contributed by atoms with Crippen molar-refractivity contribution < 1.29 is 38.6 Å². The van der Waals surface area contributed by atoms with Crippen molar-refractivity contribution in [2.45, 2.75) is 105 Å². The van der Waals surface area contributed by atoms with E-state index in [1.165, 1.54) is 7.11 Å². The number of unbranched alkanes of at least 4 members (excludes halogenated alkanes) is 1. The van der Waals surface area contributed by atoms with E-state index in [9.17, 15) is 33.9 Å². The Kier molecular flexibility index (Phi) is 16.0. The molecule has 79 heavy (non-hydrogen) atoms. The molecular weight excluding hydrogens is 1000 g/mol. The van der Waals surface area contributed by atoms with E-state index in [2.05, 4.69) is 44.7 Å². The number of carboxylic acids is 1. The van der Waals surface area contributed by atoms with E-state index in [0.29, 0.717) is 81.3 Å². The van der Waals surface area contributed by atoms with Gasteiger partial charge < -0.3 is 46.5 Å². The molecule has 19 heteroatoms. The first-order valence-corrected chi connectivity index (χ1v) is 27.1. The number of nitrogens with one attached hydrogen (secondary N) is 8. The first kappa shape index (κ1) is 55.3. The molecule has 9 rings (SSSR count). The van der Waals surface area contributed by atoms with Crippen LogP contribution in [0.1, 0.15) is 127 Å². The Hall–Kier alpha value is -8.48. The van der Waals surface area contributed by atoms with Crippen LogP contribution >= 0.6 is 0 Å². The molecule has 0 saturated heterocycles. The average molecular weight is 1070 g/mol. The SMILES string of the molecule is CC[C@H]1C2Cc3[nH]c4c(c3C)C(=O)C(C(=O)OC)/C4=C3N=C(/C=c4\[nH]/c(c(C(C)=O)c4C)=C\C(=N2)[C@@H]1C)[C@@H](C)[C@@H]/3CCC(=O)NCCCCC(NC(=O)CCNC(=N)c1ccc(-c2cc3ccc(C(=N)N)cc3[nH]2)cc1)C(=O)O. The first-order valence-electron chi connectivity index (χ1n) is 27.1. The number of amides is 2. The van der Waals surface area contributed by atoms with E-state index in [1.807, 2.05) is 63.3 Å². The number of aromatic nitrogens is 3. The number of carbonyl (C=O) groups excluding carboxylic acids is 5. The number of aromatic amines is 3. The van der Waals surface area contributed by atoms with Crippen LogP contribution in [0.4, 0.5) is 0 Å². The van der Waals surface area contributed by atoms with Gasteiger partial charge in [-0.1, -0.05) is 63.6 Å². The van der Waals surface area contributed by atoms with E-state index in [0.717, 1.165) is 51.1 Å². The number of ketones is 2. The monoisotopic (exact) mass is 1070 g/mol. The number of carboxylic acid groups (broad SMARTS) is 1. The topological polar surface area (TPSA) is 314 Å². The minimum Gasteiger partial charge on any atom is -0.480 e. The van der Waals surface area contributed by atoms with Crippen molar-refractivity contribution >= 4 is 87.0 Å². The second-order valence-corrected chi connectivity index (χ2v) is 21.4. The molecular formula is C60H69N11O8. The maximum Gasteiger partial charge on any atom is 0.326 e. The molecule has 412 valence electrons. The lowest BCUT2D eigenvalue weighted by atomic mass is 9.83. The second-order valence-electron chi connectivity index (χ2n) is 21.4. The summed E-state index contributed by atoms with van der Waals surface area (Å²) in [6.07, 6.45) is 6.65. The van der Waals surface area contributed by atoms with Crippen LogP contribution in [0.3, 0.4) is 0 Å². The van der Waals surface area contributed by atoms with Gasteiger partial charge in [-0.05, 0) is 93.3 Å². The molecule has 0 radical (unpaired) electrons. The summed E-state index contributed by atoms with van der Waals surface area (Å²) in [5, 5.41) is 37.0. The van der Waals surface area contributed by atoms with Crippen LogP contribution in [0.2, 0.25) is 0 Å². The molecule has 6 heterocycles. The fraction of sp³-hybridized carbons (Fsp3) is 0.400. The fourth-order valence-electron chi connectivity index (χ4n) is 12.0. The Balaban J connectivity index is 0.824. The summed E-state index contributed by atoms with van der Waals surface area (Å²) in [7, 11) is 1.26. The van der Waals surface area contributed by atoms with Gasteiger partial charge in [0.15, 0.2) is 11.6 Å². The number of amidine groups is 2. The Bertz CT molecular complexity index is 3570. The molecule has 11 N–H and O–H groups in total. The number of benzene rings is 2. The molecule has 2 aromatic carbocycles. The van der Waals surface area contributed by atoms with Crippen molar-refractivity contribution in [2.75, 3.05) is 20.2 Å². The number of aliphatic imine (C=N–C) groups is 2. The fourth-order valence-corrected chi connectivity index (χ4v) is 12.0. The van der Waals surface area contributed by atoms with Crippen LogP contribution in [0, 0.1) is 54.3 Å². The number of esters is 1. The van der Waals surface area contributed by atoms with Crippen LogP contribution in [0.15, 0.2) is 64.2 Å². The third-order valence-corrected chi connectivity index (χ3v) is 16.5. The summed E-state index contributed by atoms with van der Waals surface area (Å²) in [6, 6.07) is 13.6. The summed E-state index contributed by atoms with van der Waals surface area (Å²) >= 11 is 0. The van der Waals surface area contributed by atoms with Crippen molar-refractivity contribution in [1.29, 1.82) is 10.8 Å². The zero-order valence-corrected chi connectivity index (χ0v) is 45.7. The van der Waals surface area contributed by atoms with Gasteiger partial charge >= 0.3 is 11.9 Å². The van der Waals surface area contributed by atoms with E-state index < -0.39 is 35.7 Å². The van der Waals surface area contributed by atoms with E-state index >= 15 is 0 Å². The van der Waals surface area contributed by atoms with Crippen molar-refractivity contribution in [3.8, 4) is 11.3 Å². The van der Waals surface area contributed by atoms with Gasteiger partial charge in [-0.15, -0.1) is 0 Å². The van der Waals surface area contributed by atoms with E-state index in [4.69, 9.17) is 31.3 Å². The quantitative estimate of drug-likeness (QED) is 0.0116. The molecule has 19 nitrogen and oxygen atoms in total. The molecule has 5 aromatic rings. The maximum atomic E-state index is 14.5. The highest BCUT2D eigenvalue weighted by Gasteiger charge is 2.49. The Morgan fingerprint density at radius 3 is 2.30 bits per heavy atom. The number of carbonyl (C=O) groups is 6. The minimum absolute atomic E-state index is 0.0143. The lowest BCUT2D eigenvalue weighted by Gasteiger charge is -2.21. The zero-order chi connectivity index (χ0) is 56.6. The third kappa shape index (κ3) is 11.0. The van der Waals surface area contributed by atoms with Gasteiger partial charge in [0.25, 0.3) is 0 Å². The highest BCUT2D eigenvalue weighted by Crippen LogP contribution is 2.48. The van der Waals surface area contributed by atoms with Crippen LogP contribution in [0.25, 0.3) is 39.9 Å². The summed E-state index contributed by atoms with van der Waals surface area (Å²) in [5.74, 6) is -4.60. The molecule has 3 aromatic heterocycles. The number of fused-ring (bicyclic) bond motifs is 6. The van der Waals surface area contributed by atoms with Crippen LogP contribution in [-0.4, -0.2) is 111 Å². The number of aliphatic carboxylic acids is 1.